The maximum absolute atomic E-state index is 12.9. The zero-order valence-corrected chi connectivity index (χ0v) is 15.6. The Morgan fingerprint density at radius 3 is 2.72 bits per heavy atom. The van der Waals surface area contributed by atoms with Gasteiger partial charge in [0.25, 0.3) is 11.8 Å². The molecular formula is C21H19N3O5. The quantitative estimate of drug-likeness (QED) is 0.559. The van der Waals surface area contributed by atoms with Gasteiger partial charge in [0, 0.05) is 32.3 Å². The van der Waals surface area contributed by atoms with Crippen LogP contribution in [0.4, 0.5) is 0 Å². The molecule has 148 valence electrons. The standard InChI is InChI=1S/C21H19N3O5/c1-2-3-9-16(25)29-19-17-21(28)22-10-11-24(17)13-15(18(19)26)20(27)23-12-14-7-5-4-6-8-14/h1,4-8,13H,3,9-12H2,(H,22,28)(H,23,27). The fraction of sp³-hybridized carbons (Fsp3) is 0.238. The lowest BCUT2D eigenvalue weighted by Gasteiger charge is -2.22. The topological polar surface area (TPSA) is 106 Å². The molecule has 0 fully saturated rings. The molecule has 2 amide bonds. The number of aromatic nitrogens is 1. The molecule has 2 heterocycles. The normalized spacial score (nSPS) is 12.3. The van der Waals surface area contributed by atoms with Gasteiger partial charge in [-0.15, -0.1) is 12.3 Å². The molecule has 0 saturated carbocycles. The summed E-state index contributed by atoms with van der Waals surface area (Å²) in [4.78, 5) is 49.8. The molecule has 1 aliphatic heterocycles. The van der Waals surface area contributed by atoms with Crippen LogP contribution in [0.25, 0.3) is 0 Å². The Labute approximate surface area is 166 Å². The monoisotopic (exact) mass is 393 g/mol. The molecular weight excluding hydrogens is 374 g/mol. The van der Waals surface area contributed by atoms with E-state index in [0.717, 1.165) is 5.56 Å². The molecule has 1 aromatic carbocycles. The maximum Gasteiger partial charge on any atom is 0.312 e. The predicted octanol–water partition coefficient (Wildman–Crippen LogP) is 0.840. The van der Waals surface area contributed by atoms with Crippen molar-refractivity contribution in [2.45, 2.75) is 25.9 Å². The summed E-state index contributed by atoms with van der Waals surface area (Å²) in [5, 5.41) is 5.26. The third-order valence-electron chi connectivity index (χ3n) is 4.32. The van der Waals surface area contributed by atoms with Crippen molar-refractivity contribution in [2.24, 2.45) is 0 Å². The van der Waals surface area contributed by atoms with Crippen LogP contribution in [0.15, 0.2) is 41.3 Å². The highest BCUT2D eigenvalue weighted by Crippen LogP contribution is 2.19. The number of pyridine rings is 1. The van der Waals surface area contributed by atoms with Gasteiger partial charge in [-0.05, 0) is 5.56 Å². The molecule has 1 aromatic heterocycles. The number of benzene rings is 1. The number of rotatable bonds is 6. The minimum absolute atomic E-state index is 0.0880. The van der Waals surface area contributed by atoms with Crippen molar-refractivity contribution in [3.8, 4) is 18.1 Å². The number of amides is 2. The second kappa shape index (κ2) is 8.89. The third-order valence-corrected chi connectivity index (χ3v) is 4.32. The predicted molar refractivity (Wildman–Crippen MR) is 104 cm³/mol. The lowest BCUT2D eigenvalue weighted by molar-refractivity contribution is -0.134. The van der Waals surface area contributed by atoms with E-state index in [-0.39, 0.29) is 30.6 Å². The summed E-state index contributed by atoms with van der Waals surface area (Å²) in [6.45, 7) is 0.873. The number of nitrogens with zero attached hydrogens (tertiary/aromatic N) is 1. The van der Waals surface area contributed by atoms with Crippen LogP contribution in [-0.2, 0) is 17.9 Å². The molecule has 0 atom stereocenters. The van der Waals surface area contributed by atoms with Gasteiger partial charge in [0.15, 0.2) is 5.69 Å². The van der Waals surface area contributed by atoms with Gasteiger partial charge in [-0.2, -0.15) is 0 Å². The smallest absolute Gasteiger partial charge is 0.312 e. The highest BCUT2D eigenvalue weighted by molar-refractivity contribution is 5.99. The van der Waals surface area contributed by atoms with Crippen LogP contribution in [0.2, 0.25) is 0 Å². The largest absolute Gasteiger partial charge is 0.420 e. The van der Waals surface area contributed by atoms with E-state index in [1.165, 1.54) is 10.8 Å². The van der Waals surface area contributed by atoms with Crippen molar-refractivity contribution in [2.75, 3.05) is 6.54 Å². The Kier molecular flexibility index (Phi) is 6.09. The summed E-state index contributed by atoms with van der Waals surface area (Å²) in [6.07, 6.45) is 6.47. The Balaban J connectivity index is 1.93. The minimum Gasteiger partial charge on any atom is -0.420 e. The van der Waals surface area contributed by atoms with E-state index in [1.54, 1.807) is 0 Å². The van der Waals surface area contributed by atoms with Gasteiger partial charge in [0.1, 0.15) is 5.56 Å². The minimum atomic E-state index is -0.826. The first kappa shape index (κ1) is 19.9. The summed E-state index contributed by atoms with van der Waals surface area (Å²) < 4.78 is 6.61. The third kappa shape index (κ3) is 4.52. The van der Waals surface area contributed by atoms with Gasteiger partial charge in [-0.25, -0.2) is 0 Å². The Hall–Kier alpha value is -3.86. The number of carbonyl (C=O) groups excluding carboxylic acids is 3. The van der Waals surface area contributed by atoms with E-state index >= 15 is 0 Å². The van der Waals surface area contributed by atoms with Gasteiger partial charge >= 0.3 is 5.97 Å². The summed E-state index contributed by atoms with van der Waals surface area (Å²) in [6, 6.07) is 9.20. The molecule has 8 heteroatoms. The van der Waals surface area contributed by atoms with Gasteiger partial charge in [-0.3, -0.25) is 19.2 Å². The van der Waals surface area contributed by atoms with Crippen LogP contribution in [0.3, 0.4) is 0 Å². The summed E-state index contributed by atoms with van der Waals surface area (Å²) >= 11 is 0. The second-order valence-corrected chi connectivity index (χ2v) is 6.35. The molecule has 2 aromatic rings. The van der Waals surface area contributed by atoms with Crippen molar-refractivity contribution >= 4 is 17.8 Å². The van der Waals surface area contributed by atoms with Crippen molar-refractivity contribution in [1.82, 2.24) is 15.2 Å². The number of hydrogen-bond donors (Lipinski definition) is 2. The Bertz CT molecular complexity index is 1050. The Morgan fingerprint density at radius 1 is 1.24 bits per heavy atom. The molecule has 0 saturated heterocycles. The average Bonchev–Trinajstić information content (AvgIpc) is 2.73. The van der Waals surface area contributed by atoms with Gasteiger partial charge in [0.2, 0.25) is 11.2 Å². The van der Waals surface area contributed by atoms with Gasteiger partial charge in [0.05, 0.1) is 6.42 Å². The molecule has 0 aliphatic carbocycles. The Morgan fingerprint density at radius 2 is 2.00 bits per heavy atom. The van der Waals surface area contributed by atoms with Gasteiger partial charge < -0.3 is 19.9 Å². The van der Waals surface area contributed by atoms with E-state index in [0.29, 0.717) is 13.1 Å². The molecule has 0 radical (unpaired) electrons. The lowest BCUT2D eigenvalue weighted by Crippen LogP contribution is -2.40. The lowest BCUT2D eigenvalue weighted by atomic mass is 10.1. The molecule has 0 bridgehead atoms. The van der Waals surface area contributed by atoms with Crippen LogP contribution in [-0.4, -0.2) is 28.9 Å². The zero-order chi connectivity index (χ0) is 20.8. The maximum atomic E-state index is 12.9. The number of nitrogens with one attached hydrogen (secondary N) is 2. The molecule has 2 N–H and O–H groups in total. The first-order chi connectivity index (χ1) is 14.0. The zero-order valence-electron chi connectivity index (χ0n) is 15.6. The van der Waals surface area contributed by atoms with E-state index in [4.69, 9.17) is 11.2 Å². The fourth-order valence-electron chi connectivity index (χ4n) is 2.89. The number of hydrogen-bond acceptors (Lipinski definition) is 5. The number of esters is 1. The van der Waals surface area contributed by atoms with E-state index in [2.05, 4.69) is 16.6 Å². The SMILES string of the molecule is C#CCCC(=O)Oc1c2n(cc(C(=O)NCc3ccccc3)c1=O)CCNC2=O. The molecule has 3 rings (SSSR count). The van der Waals surface area contributed by atoms with E-state index in [9.17, 15) is 19.2 Å². The first-order valence-electron chi connectivity index (χ1n) is 9.03. The number of fused-ring (bicyclic) bond motifs is 1. The number of terminal acetylenes is 1. The van der Waals surface area contributed by atoms with E-state index in [1.807, 2.05) is 30.3 Å². The number of ether oxygens (including phenoxy) is 1. The van der Waals surface area contributed by atoms with Crippen molar-refractivity contribution < 1.29 is 19.1 Å². The number of carbonyl (C=O) groups is 3. The van der Waals surface area contributed by atoms with Crippen molar-refractivity contribution in [1.29, 1.82) is 0 Å². The molecule has 29 heavy (non-hydrogen) atoms. The highest BCUT2D eigenvalue weighted by Gasteiger charge is 2.28. The van der Waals surface area contributed by atoms with Crippen LogP contribution < -0.4 is 20.8 Å². The van der Waals surface area contributed by atoms with E-state index < -0.39 is 29.0 Å². The summed E-state index contributed by atoms with van der Waals surface area (Å²) in [5.41, 5.74) is -0.263. The molecule has 8 nitrogen and oxygen atoms in total. The highest BCUT2D eigenvalue weighted by atomic mass is 16.5. The van der Waals surface area contributed by atoms with Gasteiger partial charge in [-0.1, -0.05) is 30.3 Å². The second-order valence-electron chi connectivity index (χ2n) is 6.35. The summed E-state index contributed by atoms with van der Waals surface area (Å²) in [5.74, 6) is -0.0798. The van der Waals surface area contributed by atoms with Crippen LogP contribution in [0.1, 0.15) is 39.3 Å². The molecule has 0 unspecified atom stereocenters. The van der Waals surface area contributed by atoms with Crippen LogP contribution in [0, 0.1) is 12.3 Å². The molecule has 0 spiro atoms. The fourth-order valence-corrected chi connectivity index (χ4v) is 2.89. The summed E-state index contributed by atoms with van der Waals surface area (Å²) in [7, 11) is 0. The van der Waals surface area contributed by atoms with Crippen molar-refractivity contribution in [3.63, 3.8) is 0 Å². The molecule has 1 aliphatic rings. The van der Waals surface area contributed by atoms with Crippen LogP contribution in [0.5, 0.6) is 5.75 Å². The first-order valence-corrected chi connectivity index (χ1v) is 9.03. The average molecular weight is 393 g/mol. The van der Waals surface area contributed by atoms with Crippen LogP contribution >= 0.6 is 0 Å². The van der Waals surface area contributed by atoms with Crippen molar-refractivity contribution in [3.05, 3.63) is 63.6 Å².